The van der Waals surface area contributed by atoms with E-state index in [1.165, 1.54) is 16.2 Å². The first-order valence-corrected chi connectivity index (χ1v) is 9.87. The summed E-state index contributed by atoms with van der Waals surface area (Å²) in [4.78, 5) is 41.0. The lowest BCUT2D eigenvalue weighted by atomic mass is 10.1. The molecule has 3 amide bonds. The van der Waals surface area contributed by atoms with Gasteiger partial charge in [0.05, 0.1) is 4.88 Å². The predicted molar refractivity (Wildman–Crippen MR) is 106 cm³/mol. The minimum Gasteiger partial charge on any atom is -0.346 e. The maximum absolute atomic E-state index is 13.0. The molecule has 1 aliphatic rings. The Bertz CT molecular complexity index is 824. The molecule has 1 fully saturated rings. The predicted octanol–water partition coefficient (Wildman–Crippen LogP) is 2.22. The molecule has 2 heterocycles. The molecule has 142 valence electrons. The topological polar surface area (TPSA) is 69.7 Å². The maximum atomic E-state index is 13.0. The van der Waals surface area contributed by atoms with Crippen molar-refractivity contribution in [3.8, 4) is 11.1 Å². The lowest BCUT2D eigenvalue weighted by Gasteiger charge is -2.34. The zero-order chi connectivity index (χ0) is 19.4. The first-order chi connectivity index (χ1) is 13.0. The average Bonchev–Trinajstić information content (AvgIpc) is 3.17. The zero-order valence-electron chi connectivity index (χ0n) is 15.5. The zero-order valence-corrected chi connectivity index (χ0v) is 16.3. The van der Waals surface area contributed by atoms with Gasteiger partial charge in [-0.15, -0.1) is 11.3 Å². The number of benzene rings is 1. The number of amides is 3. The van der Waals surface area contributed by atoms with E-state index in [1.54, 1.807) is 4.90 Å². The standard InChI is InChI=1S/C20H23N3O3S/c1-14(2)21-18(24)20(26)23-11-9-22(10-12-23)19(25)17-16(8-13-27-17)15-6-4-3-5-7-15/h3-8,13-14H,9-12H2,1-2H3,(H,21,24). The number of nitrogens with one attached hydrogen (secondary N) is 1. The van der Waals surface area contributed by atoms with Gasteiger partial charge in [0, 0.05) is 37.8 Å². The molecule has 2 aromatic rings. The van der Waals surface area contributed by atoms with Crippen LogP contribution in [0.4, 0.5) is 0 Å². The van der Waals surface area contributed by atoms with E-state index in [1.807, 2.05) is 55.6 Å². The molecule has 7 heteroatoms. The van der Waals surface area contributed by atoms with Gasteiger partial charge in [-0.25, -0.2) is 0 Å². The minimum absolute atomic E-state index is 0.0254. The molecule has 0 atom stereocenters. The number of hydrogen-bond acceptors (Lipinski definition) is 4. The van der Waals surface area contributed by atoms with Crippen molar-refractivity contribution < 1.29 is 14.4 Å². The number of carbonyl (C=O) groups excluding carboxylic acids is 3. The molecule has 0 saturated carbocycles. The number of nitrogens with zero attached hydrogens (tertiary/aromatic N) is 2. The molecule has 3 rings (SSSR count). The Morgan fingerprint density at radius 2 is 1.59 bits per heavy atom. The Morgan fingerprint density at radius 3 is 2.22 bits per heavy atom. The van der Waals surface area contributed by atoms with E-state index >= 15 is 0 Å². The third kappa shape index (κ3) is 4.36. The molecule has 1 aromatic carbocycles. The van der Waals surface area contributed by atoms with Crippen molar-refractivity contribution >= 4 is 29.1 Å². The fourth-order valence-corrected chi connectivity index (χ4v) is 3.93. The molecule has 1 N–H and O–H groups in total. The van der Waals surface area contributed by atoms with Gasteiger partial charge >= 0.3 is 11.8 Å². The number of carbonyl (C=O) groups is 3. The highest BCUT2D eigenvalue weighted by Crippen LogP contribution is 2.29. The monoisotopic (exact) mass is 385 g/mol. The number of rotatable bonds is 3. The Labute approximate surface area is 162 Å². The van der Waals surface area contributed by atoms with Crippen molar-refractivity contribution in [3.05, 3.63) is 46.7 Å². The third-order valence-corrected chi connectivity index (χ3v) is 5.31. The molecule has 1 aliphatic heterocycles. The summed E-state index contributed by atoms with van der Waals surface area (Å²) in [6.07, 6.45) is 0. The highest BCUT2D eigenvalue weighted by molar-refractivity contribution is 7.12. The van der Waals surface area contributed by atoms with Crippen molar-refractivity contribution in [3.63, 3.8) is 0 Å². The number of thiophene rings is 1. The van der Waals surface area contributed by atoms with Crippen LogP contribution in [0.3, 0.4) is 0 Å². The summed E-state index contributed by atoms with van der Waals surface area (Å²) in [6, 6.07) is 11.7. The number of piperazine rings is 1. The normalized spacial score (nSPS) is 14.3. The molecular weight excluding hydrogens is 362 g/mol. The van der Waals surface area contributed by atoms with Crippen LogP contribution in [0.25, 0.3) is 11.1 Å². The summed E-state index contributed by atoms with van der Waals surface area (Å²) in [5.41, 5.74) is 1.95. The van der Waals surface area contributed by atoms with Gasteiger partial charge in [0.25, 0.3) is 5.91 Å². The number of hydrogen-bond donors (Lipinski definition) is 1. The molecule has 0 aliphatic carbocycles. The Balaban J connectivity index is 1.64. The van der Waals surface area contributed by atoms with Crippen LogP contribution in [0.2, 0.25) is 0 Å². The molecule has 0 bridgehead atoms. The summed E-state index contributed by atoms with van der Waals surface area (Å²) < 4.78 is 0. The van der Waals surface area contributed by atoms with Gasteiger partial charge in [-0.05, 0) is 30.9 Å². The fraction of sp³-hybridized carbons (Fsp3) is 0.350. The lowest BCUT2D eigenvalue weighted by Crippen LogP contribution is -2.54. The van der Waals surface area contributed by atoms with Crippen LogP contribution >= 0.6 is 11.3 Å². The minimum atomic E-state index is -0.589. The summed E-state index contributed by atoms with van der Waals surface area (Å²) in [5, 5.41) is 4.53. The molecule has 0 radical (unpaired) electrons. The summed E-state index contributed by atoms with van der Waals surface area (Å²) in [6.45, 7) is 5.20. The SMILES string of the molecule is CC(C)NC(=O)C(=O)N1CCN(C(=O)c2sccc2-c2ccccc2)CC1. The molecule has 1 saturated heterocycles. The first kappa shape index (κ1) is 19.1. The second-order valence-electron chi connectivity index (χ2n) is 6.74. The van der Waals surface area contributed by atoms with Crippen LogP contribution in [0.1, 0.15) is 23.5 Å². The van der Waals surface area contributed by atoms with Crippen molar-refractivity contribution in [2.24, 2.45) is 0 Å². The van der Waals surface area contributed by atoms with Gasteiger partial charge in [-0.2, -0.15) is 0 Å². The van der Waals surface area contributed by atoms with Gasteiger partial charge in [-0.3, -0.25) is 14.4 Å². The summed E-state index contributed by atoms with van der Waals surface area (Å²) in [7, 11) is 0. The van der Waals surface area contributed by atoms with Crippen molar-refractivity contribution in [2.45, 2.75) is 19.9 Å². The Hall–Kier alpha value is -2.67. The van der Waals surface area contributed by atoms with Crippen LogP contribution in [0.5, 0.6) is 0 Å². The molecular formula is C20H23N3O3S. The van der Waals surface area contributed by atoms with E-state index in [4.69, 9.17) is 0 Å². The van der Waals surface area contributed by atoms with Crippen molar-refractivity contribution in [2.75, 3.05) is 26.2 Å². The molecule has 0 unspecified atom stereocenters. The van der Waals surface area contributed by atoms with Crippen LogP contribution in [-0.4, -0.2) is 59.7 Å². The average molecular weight is 385 g/mol. The second-order valence-corrected chi connectivity index (χ2v) is 7.66. The lowest BCUT2D eigenvalue weighted by molar-refractivity contribution is -0.147. The van der Waals surface area contributed by atoms with Crippen LogP contribution in [-0.2, 0) is 9.59 Å². The highest BCUT2D eigenvalue weighted by atomic mass is 32.1. The van der Waals surface area contributed by atoms with Gasteiger partial charge in [0.1, 0.15) is 0 Å². The van der Waals surface area contributed by atoms with Crippen LogP contribution in [0.15, 0.2) is 41.8 Å². The Morgan fingerprint density at radius 1 is 0.963 bits per heavy atom. The van der Waals surface area contributed by atoms with E-state index in [-0.39, 0.29) is 11.9 Å². The van der Waals surface area contributed by atoms with E-state index in [2.05, 4.69) is 5.32 Å². The highest BCUT2D eigenvalue weighted by Gasteiger charge is 2.29. The largest absolute Gasteiger partial charge is 0.346 e. The summed E-state index contributed by atoms with van der Waals surface area (Å²) in [5.74, 6) is -1.14. The molecule has 6 nitrogen and oxygen atoms in total. The summed E-state index contributed by atoms with van der Waals surface area (Å²) >= 11 is 1.43. The van der Waals surface area contributed by atoms with Gasteiger partial charge in [-0.1, -0.05) is 30.3 Å². The fourth-order valence-electron chi connectivity index (χ4n) is 3.04. The smallest absolute Gasteiger partial charge is 0.312 e. The molecule has 27 heavy (non-hydrogen) atoms. The third-order valence-electron chi connectivity index (χ3n) is 4.41. The van der Waals surface area contributed by atoms with E-state index in [0.29, 0.717) is 31.1 Å². The van der Waals surface area contributed by atoms with Gasteiger partial charge in [0.15, 0.2) is 0 Å². The van der Waals surface area contributed by atoms with E-state index in [9.17, 15) is 14.4 Å². The van der Waals surface area contributed by atoms with E-state index < -0.39 is 11.8 Å². The molecule has 1 aromatic heterocycles. The van der Waals surface area contributed by atoms with E-state index in [0.717, 1.165) is 11.1 Å². The van der Waals surface area contributed by atoms with Crippen molar-refractivity contribution in [1.82, 2.24) is 15.1 Å². The Kier molecular flexibility index (Phi) is 5.91. The maximum Gasteiger partial charge on any atom is 0.312 e. The van der Waals surface area contributed by atoms with Crippen LogP contribution < -0.4 is 5.32 Å². The van der Waals surface area contributed by atoms with Gasteiger partial charge in [0.2, 0.25) is 0 Å². The quantitative estimate of drug-likeness (QED) is 0.824. The van der Waals surface area contributed by atoms with Crippen LogP contribution in [0, 0.1) is 0 Å². The molecule has 0 spiro atoms. The van der Waals surface area contributed by atoms with Gasteiger partial charge < -0.3 is 15.1 Å². The first-order valence-electron chi connectivity index (χ1n) is 8.99. The van der Waals surface area contributed by atoms with Crippen molar-refractivity contribution in [1.29, 1.82) is 0 Å². The second kappa shape index (κ2) is 8.35.